The van der Waals surface area contributed by atoms with E-state index in [0.29, 0.717) is 23.6 Å². The molecule has 7 heteroatoms. The second-order valence-corrected chi connectivity index (χ2v) is 4.62. The molecule has 0 unspecified atom stereocenters. The van der Waals surface area contributed by atoms with E-state index in [1.54, 1.807) is 17.0 Å². The number of fused-ring (bicyclic) bond motifs is 1. The molecule has 1 aliphatic rings. The normalized spacial score (nSPS) is 14.5. The van der Waals surface area contributed by atoms with E-state index in [1.165, 1.54) is 6.20 Å². The van der Waals surface area contributed by atoms with Gasteiger partial charge in [-0.05, 0) is 12.1 Å². The van der Waals surface area contributed by atoms with Crippen molar-refractivity contribution in [1.29, 1.82) is 0 Å². The van der Waals surface area contributed by atoms with Gasteiger partial charge in [0.15, 0.2) is 5.69 Å². The summed E-state index contributed by atoms with van der Waals surface area (Å²) in [5.41, 5.74) is 1.63. The van der Waals surface area contributed by atoms with E-state index in [0.717, 1.165) is 11.7 Å². The Bertz CT molecular complexity index is 626. The number of aromatic nitrogens is 2. The summed E-state index contributed by atoms with van der Waals surface area (Å²) in [6, 6.07) is 7.23. The number of carbonyl (C=O) groups excluding carboxylic acids is 2. The van der Waals surface area contributed by atoms with Gasteiger partial charge in [0.05, 0.1) is 29.3 Å². The lowest BCUT2D eigenvalue weighted by Gasteiger charge is -2.20. The predicted molar refractivity (Wildman–Crippen MR) is 71.3 cm³/mol. The first-order valence-corrected chi connectivity index (χ1v) is 6.47. The van der Waals surface area contributed by atoms with Gasteiger partial charge in [0, 0.05) is 13.0 Å². The maximum atomic E-state index is 12.4. The van der Waals surface area contributed by atoms with Crippen LogP contribution in [0.2, 0.25) is 0 Å². The maximum absolute atomic E-state index is 12.4. The van der Waals surface area contributed by atoms with Gasteiger partial charge in [-0.25, -0.2) is 0 Å². The lowest BCUT2D eigenvalue weighted by atomic mass is 10.2. The molecule has 1 aliphatic heterocycles. The molecule has 0 saturated heterocycles. The first-order chi connectivity index (χ1) is 9.25. The van der Waals surface area contributed by atoms with Crippen LogP contribution in [0.5, 0.6) is 0 Å². The van der Waals surface area contributed by atoms with Crippen LogP contribution >= 0.6 is 11.7 Å². The Hall–Kier alpha value is -2.28. The standard InChI is InChI=1S/C12H10N4O2S/c17-11-5-6-16(12(18)9-7-13-19-15-9)10-4-2-1-3-8(10)14-11/h1-4,7H,5-6H2,(H,14,17). The highest BCUT2D eigenvalue weighted by Gasteiger charge is 2.25. The van der Waals surface area contributed by atoms with Crippen molar-refractivity contribution in [1.82, 2.24) is 8.75 Å². The molecule has 0 atom stereocenters. The minimum absolute atomic E-state index is 0.0980. The lowest BCUT2D eigenvalue weighted by Crippen LogP contribution is -2.32. The fourth-order valence-corrected chi connectivity index (χ4v) is 2.38. The molecule has 6 nitrogen and oxygen atoms in total. The van der Waals surface area contributed by atoms with Crippen LogP contribution in [-0.4, -0.2) is 27.1 Å². The van der Waals surface area contributed by atoms with Gasteiger partial charge in [0.25, 0.3) is 5.91 Å². The molecule has 2 heterocycles. The molecule has 0 aliphatic carbocycles. The highest BCUT2D eigenvalue weighted by Crippen LogP contribution is 2.29. The van der Waals surface area contributed by atoms with Crippen molar-refractivity contribution in [3.8, 4) is 0 Å². The van der Waals surface area contributed by atoms with Crippen molar-refractivity contribution in [3.63, 3.8) is 0 Å². The summed E-state index contributed by atoms with van der Waals surface area (Å²) in [6.07, 6.45) is 1.70. The largest absolute Gasteiger partial charge is 0.324 e. The fraction of sp³-hybridized carbons (Fsp3) is 0.167. The number of para-hydroxylation sites is 2. The number of nitrogens with zero attached hydrogens (tertiary/aromatic N) is 3. The van der Waals surface area contributed by atoms with Crippen molar-refractivity contribution in [2.24, 2.45) is 0 Å². The third kappa shape index (κ3) is 2.19. The number of carbonyl (C=O) groups is 2. The Morgan fingerprint density at radius 1 is 1.37 bits per heavy atom. The number of hydrogen-bond acceptors (Lipinski definition) is 5. The second-order valence-electron chi connectivity index (χ2n) is 4.06. The Labute approximate surface area is 113 Å². The lowest BCUT2D eigenvalue weighted by molar-refractivity contribution is -0.115. The summed E-state index contributed by atoms with van der Waals surface area (Å²) >= 11 is 0.989. The Balaban J connectivity index is 2.02. The Morgan fingerprint density at radius 3 is 3.00 bits per heavy atom. The van der Waals surface area contributed by atoms with Gasteiger partial charge in [-0.2, -0.15) is 8.75 Å². The second kappa shape index (κ2) is 4.77. The molecular weight excluding hydrogens is 264 g/mol. The first-order valence-electron chi connectivity index (χ1n) is 5.74. The highest BCUT2D eigenvalue weighted by atomic mass is 32.1. The minimum Gasteiger partial charge on any atom is -0.324 e. The van der Waals surface area contributed by atoms with Crippen molar-refractivity contribution in [2.75, 3.05) is 16.8 Å². The smallest absolute Gasteiger partial charge is 0.279 e. The minimum atomic E-state index is -0.238. The summed E-state index contributed by atoms with van der Waals surface area (Å²) in [7, 11) is 0. The molecule has 0 bridgehead atoms. The number of rotatable bonds is 1. The summed E-state index contributed by atoms with van der Waals surface area (Å²) in [5, 5.41) is 2.79. The monoisotopic (exact) mass is 274 g/mol. The van der Waals surface area contributed by atoms with Gasteiger partial charge in [0.1, 0.15) is 0 Å². The number of nitrogens with one attached hydrogen (secondary N) is 1. The van der Waals surface area contributed by atoms with Crippen LogP contribution in [0.1, 0.15) is 16.9 Å². The van der Waals surface area contributed by atoms with Crippen molar-refractivity contribution in [3.05, 3.63) is 36.2 Å². The van der Waals surface area contributed by atoms with Gasteiger partial charge in [-0.1, -0.05) is 12.1 Å². The molecule has 0 fully saturated rings. The molecule has 96 valence electrons. The van der Waals surface area contributed by atoms with Crippen LogP contribution < -0.4 is 10.2 Å². The summed E-state index contributed by atoms with van der Waals surface area (Å²) in [4.78, 5) is 25.6. The van der Waals surface area contributed by atoms with Crippen LogP contribution in [0.25, 0.3) is 0 Å². The molecule has 1 aromatic carbocycles. The van der Waals surface area contributed by atoms with E-state index in [1.807, 2.05) is 12.1 Å². The van der Waals surface area contributed by atoms with Gasteiger partial charge in [-0.3, -0.25) is 9.59 Å². The molecule has 3 rings (SSSR count). The summed E-state index contributed by atoms with van der Waals surface area (Å²) < 4.78 is 7.78. The zero-order valence-electron chi connectivity index (χ0n) is 9.87. The average Bonchev–Trinajstić information content (AvgIpc) is 2.89. The van der Waals surface area contributed by atoms with Gasteiger partial charge in [-0.15, -0.1) is 0 Å². The molecule has 2 aromatic rings. The van der Waals surface area contributed by atoms with Crippen LogP contribution in [0, 0.1) is 0 Å². The van der Waals surface area contributed by atoms with Gasteiger partial charge in [0.2, 0.25) is 5.91 Å². The number of benzene rings is 1. The number of hydrogen-bond donors (Lipinski definition) is 1. The van der Waals surface area contributed by atoms with E-state index >= 15 is 0 Å². The van der Waals surface area contributed by atoms with E-state index < -0.39 is 0 Å². The molecule has 19 heavy (non-hydrogen) atoms. The van der Waals surface area contributed by atoms with Crippen LogP contribution in [0.15, 0.2) is 30.5 Å². The zero-order valence-corrected chi connectivity index (χ0v) is 10.7. The zero-order chi connectivity index (χ0) is 13.2. The Kier molecular flexibility index (Phi) is 2.96. The van der Waals surface area contributed by atoms with Crippen molar-refractivity contribution in [2.45, 2.75) is 6.42 Å². The van der Waals surface area contributed by atoms with Gasteiger partial charge >= 0.3 is 0 Å². The fourth-order valence-electron chi connectivity index (χ4n) is 1.97. The molecule has 0 radical (unpaired) electrons. The first kappa shape index (κ1) is 11.8. The molecule has 2 amide bonds. The maximum Gasteiger partial charge on any atom is 0.279 e. The van der Waals surface area contributed by atoms with Crippen LogP contribution in [0.3, 0.4) is 0 Å². The quantitative estimate of drug-likeness (QED) is 0.855. The van der Waals surface area contributed by atoms with E-state index in [2.05, 4.69) is 14.1 Å². The topological polar surface area (TPSA) is 75.2 Å². The van der Waals surface area contributed by atoms with Crippen LogP contribution in [0.4, 0.5) is 11.4 Å². The van der Waals surface area contributed by atoms with Crippen molar-refractivity contribution >= 4 is 34.9 Å². The van der Waals surface area contributed by atoms with E-state index in [4.69, 9.17) is 0 Å². The third-order valence-corrected chi connectivity index (χ3v) is 3.34. The SMILES string of the molecule is O=C1CCN(C(=O)c2cnsn2)c2ccccc2N1. The molecule has 1 N–H and O–H groups in total. The number of amides is 2. The molecule has 0 spiro atoms. The van der Waals surface area contributed by atoms with Gasteiger partial charge < -0.3 is 10.2 Å². The summed E-state index contributed by atoms with van der Waals surface area (Å²) in [5.74, 6) is -0.336. The molecule has 0 saturated carbocycles. The Morgan fingerprint density at radius 2 is 2.21 bits per heavy atom. The van der Waals surface area contributed by atoms with Crippen molar-refractivity contribution < 1.29 is 9.59 Å². The van der Waals surface area contributed by atoms with E-state index in [9.17, 15) is 9.59 Å². The summed E-state index contributed by atoms with van der Waals surface area (Å²) in [6.45, 7) is 0.333. The van der Waals surface area contributed by atoms with Crippen LogP contribution in [-0.2, 0) is 4.79 Å². The average molecular weight is 274 g/mol. The predicted octanol–water partition coefficient (Wildman–Crippen LogP) is 1.53. The third-order valence-electron chi connectivity index (χ3n) is 2.86. The number of anilines is 2. The molecule has 1 aromatic heterocycles. The van der Waals surface area contributed by atoms with E-state index in [-0.39, 0.29) is 18.2 Å². The molecular formula is C12H10N4O2S. The highest BCUT2D eigenvalue weighted by molar-refractivity contribution is 6.99.